The number of anilines is 1. The fraction of sp³-hybridized carbons (Fsp3) is 0.333. The monoisotopic (exact) mass is 453 g/mol. The van der Waals surface area contributed by atoms with Crippen LogP contribution in [0.1, 0.15) is 49.0 Å². The Morgan fingerprint density at radius 2 is 1.67 bits per heavy atom. The number of phenols is 2. The molecule has 0 spiro atoms. The minimum absolute atomic E-state index is 0.00837. The molecule has 4 N–H and O–H groups in total. The molecule has 0 aromatic heterocycles. The molecule has 3 aromatic carbocycles. The molecule has 0 bridgehead atoms. The summed E-state index contributed by atoms with van der Waals surface area (Å²) in [5.41, 5.74) is 2.64. The molecule has 3 atom stereocenters. The van der Waals surface area contributed by atoms with Gasteiger partial charge in [0.2, 0.25) is 0 Å². The van der Waals surface area contributed by atoms with Crippen molar-refractivity contribution in [1.82, 2.24) is 0 Å². The maximum absolute atomic E-state index is 13.1. The van der Waals surface area contributed by atoms with E-state index in [-0.39, 0.29) is 23.4 Å². The number of phenolic OH excluding ortho intramolecular Hbond substituents is 2. The summed E-state index contributed by atoms with van der Waals surface area (Å²) in [4.78, 5) is 2.31. The van der Waals surface area contributed by atoms with Crippen molar-refractivity contribution in [3.8, 4) is 11.5 Å². The Hall–Kier alpha value is -3.09. The molecule has 5 nitrogen and oxygen atoms in total. The van der Waals surface area contributed by atoms with Gasteiger partial charge in [-0.05, 0) is 67.1 Å². The average molecular weight is 454 g/mol. The molecule has 1 aliphatic heterocycles. The molecular weight excluding hydrogens is 421 g/mol. The number of aliphatic hydroxyl groups excluding tert-OH is 2. The number of hydrogen-bond donors (Lipinski definition) is 4. The van der Waals surface area contributed by atoms with Gasteiger partial charge < -0.3 is 25.3 Å². The number of halogens is 1. The standard InChI is InChI=1S/C26H28FNO3.CH4O/c27-20-11-9-18(10-12-20)24(30)8-4-5-19-15-16-28(21-6-2-1-3-7-21)26(19)23-14-13-22(29)17-25(23)31;1-2/h1-3,6-7,9-14,17,19,24,26,29-31H,4-5,8,15-16H2;2H,1H3. The normalized spacial score (nSPS) is 18.5. The second kappa shape index (κ2) is 11.7. The van der Waals surface area contributed by atoms with Crippen molar-refractivity contribution in [2.75, 3.05) is 18.6 Å². The summed E-state index contributed by atoms with van der Waals surface area (Å²) in [6, 6.07) is 21.0. The molecule has 4 rings (SSSR count). The van der Waals surface area contributed by atoms with Crippen LogP contribution in [-0.4, -0.2) is 34.1 Å². The van der Waals surface area contributed by atoms with Crippen LogP contribution in [0.15, 0.2) is 72.8 Å². The third kappa shape index (κ3) is 6.03. The highest BCUT2D eigenvalue weighted by Crippen LogP contribution is 2.46. The lowest BCUT2D eigenvalue weighted by atomic mass is 9.88. The van der Waals surface area contributed by atoms with E-state index in [0.29, 0.717) is 12.3 Å². The van der Waals surface area contributed by atoms with E-state index >= 15 is 0 Å². The van der Waals surface area contributed by atoms with Crippen LogP contribution < -0.4 is 4.90 Å². The molecule has 3 unspecified atom stereocenters. The maximum Gasteiger partial charge on any atom is 0.124 e. The molecule has 1 fully saturated rings. The van der Waals surface area contributed by atoms with Crippen LogP contribution in [0.25, 0.3) is 0 Å². The van der Waals surface area contributed by atoms with Gasteiger partial charge >= 0.3 is 0 Å². The van der Waals surface area contributed by atoms with Crippen molar-refractivity contribution in [1.29, 1.82) is 0 Å². The Morgan fingerprint density at radius 3 is 2.33 bits per heavy atom. The Bertz CT molecular complexity index is 997. The van der Waals surface area contributed by atoms with Crippen LogP contribution in [0.5, 0.6) is 11.5 Å². The van der Waals surface area contributed by atoms with E-state index in [1.54, 1.807) is 24.3 Å². The molecule has 1 heterocycles. The zero-order chi connectivity index (χ0) is 23.8. The number of hydrogen-bond acceptors (Lipinski definition) is 5. The van der Waals surface area contributed by atoms with Gasteiger partial charge in [-0.15, -0.1) is 0 Å². The highest BCUT2D eigenvalue weighted by molar-refractivity contribution is 5.53. The summed E-state index contributed by atoms with van der Waals surface area (Å²) in [6.45, 7) is 0.875. The van der Waals surface area contributed by atoms with Crippen molar-refractivity contribution < 1.29 is 24.8 Å². The average Bonchev–Trinajstić information content (AvgIpc) is 3.25. The van der Waals surface area contributed by atoms with E-state index in [9.17, 15) is 19.7 Å². The van der Waals surface area contributed by atoms with Crippen molar-refractivity contribution in [3.63, 3.8) is 0 Å². The van der Waals surface area contributed by atoms with Crippen LogP contribution in [-0.2, 0) is 0 Å². The lowest BCUT2D eigenvalue weighted by Gasteiger charge is -2.31. The smallest absolute Gasteiger partial charge is 0.124 e. The number of aliphatic hydroxyl groups is 2. The molecule has 3 aromatic rings. The Morgan fingerprint density at radius 1 is 0.970 bits per heavy atom. The summed E-state index contributed by atoms with van der Waals surface area (Å²) in [7, 11) is 1.00. The SMILES string of the molecule is CO.Oc1ccc(C2C(CCCC(O)c3ccc(F)cc3)CCN2c2ccccc2)c(O)c1. The molecule has 0 amide bonds. The number of para-hydroxylation sites is 1. The summed E-state index contributed by atoms with van der Waals surface area (Å²) in [5.74, 6) is 0.143. The van der Waals surface area contributed by atoms with E-state index in [1.807, 2.05) is 18.2 Å². The lowest BCUT2D eigenvalue weighted by Crippen LogP contribution is -2.25. The van der Waals surface area contributed by atoms with E-state index in [1.165, 1.54) is 18.2 Å². The zero-order valence-corrected chi connectivity index (χ0v) is 18.8. The van der Waals surface area contributed by atoms with Crippen molar-refractivity contribution in [3.05, 3.63) is 89.7 Å². The second-order valence-corrected chi connectivity index (χ2v) is 8.26. The van der Waals surface area contributed by atoms with Gasteiger partial charge in [0.15, 0.2) is 0 Å². The Kier molecular flexibility index (Phi) is 8.69. The first-order valence-electron chi connectivity index (χ1n) is 11.2. The molecule has 1 saturated heterocycles. The summed E-state index contributed by atoms with van der Waals surface area (Å²) in [5, 5.41) is 37.8. The van der Waals surface area contributed by atoms with E-state index in [4.69, 9.17) is 5.11 Å². The quantitative estimate of drug-likeness (QED) is 0.389. The first kappa shape index (κ1) is 24.6. The van der Waals surface area contributed by atoms with Crippen molar-refractivity contribution in [2.45, 2.75) is 37.8 Å². The van der Waals surface area contributed by atoms with Gasteiger partial charge in [0.25, 0.3) is 0 Å². The van der Waals surface area contributed by atoms with Gasteiger partial charge in [-0.1, -0.05) is 36.8 Å². The predicted octanol–water partition coefficient (Wildman–Crippen LogP) is 5.32. The van der Waals surface area contributed by atoms with Crippen LogP contribution in [0.2, 0.25) is 0 Å². The van der Waals surface area contributed by atoms with Crippen LogP contribution >= 0.6 is 0 Å². The fourth-order valence-corrected chi connectivity index (χ4v) is 4.70. The van der Waals surface area contributed by atoms with Crippen LogP contribution in [0.3, 0.4) is 0 Å². The fourth-order valence-electron chi connectivity index (χ4n) is 4.70. The number of benzene rings is 3. The Labute approximate surface area is 194 Å². The minimum atomic E-state index is -0.618. The third-order valence-corrected chi connectivity index (χ3v) is 6.25. The molecule has 0 aliphatic carbocycles. The highest BCUT2D eigenvalue weighted by Gasteiger charge is 2.36. The van der Waals surface area contributed by atoms with Crippen molar-refractivity contribution in [2.24, 2.45) is 5.92 Å². The van der Waals surface area contributed by atoms with Gasteiger partial charge in [0.1, 0.15) is 17.3 Å². The van der Waals surface area contributed by atoms with Crippen LogP contribution in [0, 0.1) is 11.7 Å². The largest absolute Gasteiger partial charge is 0.508 e. The van der Waals surface area contributed by atoms with Gasteiger partial charge in [0, 0.05) is 31.0 Å². The van der Waals surface area contributed by atoms with E-state index in [2.05, 4.69) is 17.0 Å². The van der Waals surface area contributed by atoms with Gasteiger partial charge in [0.05, 0.1) is 12.1 Å². The second-order valence-electron chi connectivity index (χ2n) is 8.26. The summed E-state index contributed by atoms with van der Waals surface area (Å²) in [6.07, 6.45) is 2.68. The van der Waals surface area contributed by atoms with Gasteiger partial charge in [-0.25, -0.2) is 4.39 Å². The zero-order valence-electron chi connectivity index (χ0n) is 18.8. The number of nitrogens with zero attached hydrogens (tertiary/aromatic N) is 1. The molecule has 0 radical (unpaired) electrons. The molecule has 1 aliphatic rings. The van der Waals surface area contributed by atoms with Gasteiger partial charge in [-0.2, -0.15) is 0 Å². The van der Waals surface area contributed by atoms with Gasteiger partial charge in [-0.3, -0.25) is 0 Å². The lowest BCUT2D eigenvalue weighted by molar-refractivity contribution is 0.160. The number of aromatic hydroxyl groups is 2. The summed E-state index contributed by atoms with van der Waals surface area (Å²) < 4.78 is 13.1. The highest BCUT2D eigenvalue weighted by atomic mass is 19.1. The molecule has 0 saturated carbocycles. The predicted molar refractivity (Wildman–Crippen MR) is 128 cm³/mol. The Balaban J connectivity index is 0.00000149. The molecule has 176 valence electrons. The van der Waals surface area contributed by atoms with Crippen molar-refractivity contribution >= 4 is 5.69 Å². The first-order valence-corrected chi connectivity index (χ1v) is 11.2. The molecular formula is C27H32FNO4. The molecule has 6 heteroatoms. The van der Waals surface area contributed by atoms with E-state index in [0.717, 1.165) is 49.7 Å². The molecule has 33 heavy (non-hydrogen) atoms. The summed E-state index contributed by atoms with van der Waals surface area (Å²) >= 11 is 0. The van der Waals surface area contributed by atoms with Crippen LogP contribution in [0.4, 0.5) is 10.1 Å². The maximum atomic E-state index is 13.1. The topological polar surface area (TPSA) is 84.2 Å². The minimum Gasteiger partial charge on any atom is -0.508 e. The third-order valence-electron chi connectivity index (χ3n) is 6.25. The van der Waals surface area contributed by atoms with E-state index < -0.39 is 6.10 Å². The first-order chi connectivity index (χ1) is 16.0. The number of rotatable bonds is 7.